The molecule has 1 fully saturated rings. The van der Waals surface area contributed by atoms with Crippen molar-refractivity contribution in [2.24, 2.45) is 0 Å². The lowest BCUT2D eigenvalue weighted by atomic mass is 10.00. The van der Waals surface area contributed by atoms with E-state index in [1.54, 1.807) is 6.20 Å². The Morgan fingerprint density at radius 1 is 1.19 bits per heavy atom. The number of fused-ring (bicyclic) bond motifs is 1. The van der Waals surface area contributed by atoms with Crippen molar-refractivity contribution in [3.8, 4) is 11.1 Å². The van der Waals surface area contributed by atoms with E-state index in [1.165, 1.54) is 0 Å². The minimum atomic E-state index is -0.104. The summed E-state index contributed by atoms with van der Waals surface area (Å²) in [6, 6.07) is 8.24. The lowest BCUT2D eigenvalue weighted by Gasteiger charge is -2.10. The highest BCUT2D eigenvalue weighted by Gasteiger charge is 2.24. The SMILES string of the molecule is CCNc1ncc2cc(-c3cc(C(=O)NC4CC4)ncc3C)ccc2n1. The van der Waals surface area contributed by atoms with Crippen LogP contribution in [0.2, 0.25) is 0 Å². The summed E-state index contributed by atoms with van der Waals surface area (Å²) in [5.41, 5.74) is 4.39. The number of hydrogen-bond acceptors (Lipinski definition) is 5. The second-order valence-corrected chi connectivity index (χ2v) is 6.63. The number of aryl methyl sites for hydroxylation is 1. The quantitative estimate of drug-likeness (QED) is 0.740. The summed E-state index contributed by atoms with van der Waals surface area (Å²) < 4.78 is 0. The van der Waals surface area contributed by atoms with Gasteiger partial charge in [0.1, 0.15) is 5.69 Å². The van der Waals surface area contributed by atoms with E-state index in [0.717, 1.165) is 47.0 Å². The highest BCUT2D eigenvalue weighted by molar-refractivity contribution is 5.94. The predicted molar refractivity (Wildman–Crippen MR) is 102 cm³/mol. The molecule has 0 saturated heterocycles. The van der Waals surface area contributed by atoms with Gasteiger partial charge in [-0.25, -0.2) is 9.97 Å². The topological polar surface area (TPSA) is 79.8 Å². The summed E-state index contributed by atoms with van der Waals surface area (Å²) in [4.78, 5) is 25.4. The lowest BCUT2D eigenvalue weighted by Crippen LogP contribution is -2.26. The van der Waals surface area contributed by atoms with Crippen molar-refractivity contribution in [1.29, 1.82) is 0 Å². The molecule has 1 saturated carbocycles. The third-order valence-corrected chi connectivity index (χ3v) is 4.47. The first-order valence-corrected chi connectivity index (χ1v) is 8.92. The number of anilines is 1. The first kappa shape index (κ1) is 16.4. The van der Waals surface area contributed by atoms with E-state index < -0.39 is 0 Å². The van der Waals surface area contributed by atoms with Crippen LogP contribution in [0.15, 0.2) is 36.7 Å². The van der Waals surface area contributed by atoms with Crippen molar-refractivity contribution < 1.29 is 4.79 Å². The maximum Gasteiger partial charge on any atom is 0.270 e. The van der Waals surface area contributed by atoms with Crippen LogP contribution in [0.25, 0.3) is 22.0 Å². The first-order valence-electron chi connectivity index (χ1n) is 8.92. The molecule has 0 spiro atoms. The van der Waals surface area contributed by atoms with Gasteiger partial charge in [-0.3, -0.25) is 9.78 Å². The average molecular weight is 347 g/mol. The minimum absolute atomic E-state index is 0.104. The van der Waals surface area contributed by atoms with E-state index in [0.29, 0.717) is 17.7 Å². The summed E-state index contributed by atoms with van der Waals surface area (Å²) >= 11 is 0. The number of nitrogens with one attached hydrogen (secondary N) is 2. The van der Waals surface area contributed by atoms with Gasteiger partial charge in [0.05, 0.1) is 5.52 Å². The number of nitrogens with zero attached hydrogens (tertiary/aromatic N) is 3. The van der Waals surface area contributed by atoms with E-state index in [9.17, 15) is 4.79 Å². The molecule has 6 nitrogen and oxygen atoms in total. The summed E-state index contributed by atoms with van der Waals surface area (Å²) in [5, 5.41) is 7.07. The van der Waals surface area contributed by atoms with Crippen molar-refractivity contribution in [1.82, 2.24) is 20.3 Å². The van der Waals surface area contributed by atoms with Gasteiger partial charge in [-0.15, -0.1) is 0 Å². The van der Waals surface area contributed by atoms with Crippen molar-refractivity contribution >= 4 is 22.8 Å². The Morgan fingerprint density at radius 3 is 2.81 bits per heavy atom. The van der Waals surface area contributed by atoms with Crippen LogP contribution in [-0.4, -0.2) is 33.4 Å². The zero-order valence-electron chi connectivity index (χ0n) is 14.9. The molecule has 132 valence electrons. The molecular formula is C20H21N5O. The normalized spacial score (nSPS) is 13.6. The lowest BCUT2D eigenvalue weighted by molar-refractivity contribution is 0.0946. The fourth-order valence-corrected chi connectivity index (χ4v) is 2.89. The molecule has 0 unspecified atom stereocenters. The largest absolute Gasteiger partial charge is 0.354 e. The maximum atomic E-state index is 12.3. The van der Waals surface area contributed by atoms with Crippen LogP contribution < -0.4 is 10.6 Å². The second-order valence-electron chi connectivity index (χ2n) is 6.63. The maximum absolute atomic E-state index is 12.3. The van der Waals surface area contributed by atoms with E-state index in [1.807, 2.05) is 38.2 Å². The molecule has 2 aromatic heterocycles. The number of benzene rings is 1. The number of carbonyl (C=O) groups is 1. The molecule has 6 heteroatoms. The molecule has 4 rings (SSSR count). The number of rotatable bonds is 5. The molecule has 1 aliphatic rings. The third kappa shape index (κ3) is 3.35. The molecule has 0 radical (unpaired) electrons. The van der Waals surface area contributed by atoms with Crippen LogP contribution in [0.5, 0.6) is 0 Å². The van der Waals surface area contributed by atoms with Crippen molar-refractivity contribution in [2.45, 2.75) is 32.7 Å². The second kappa shape index (κ2) is 6.71. The summed E-state index contributed by atoms with van der Waals surface area (Å²) in [6.45, 7) is 4.80. The van der Waals surface area contributed by atoms with Crippen LogP contribution in [0, 0.1) is 6.92 Å². The van der Waals surface area contributed by atoms with Crippen LogP contribution in [0.1, 0.15) is 35.8 Å². The molecule has 2 heterocycles. The smallest absolute Gasteiger partial charge is 0.270 e. The van der Waals surface area contributed by atoms with Gasteiger partial charge in [-0.1, -0.05) is 6.07 Å². The van der Waals surface area contributed by atoms with Gasteiger partial charge in [0.15, 0.2) is 0 Å². The highest BCUT2D eigenvalue weighted by atomic mass is 16.2. The van der Waals surface area contributed by atoms with Gasteiger partial charge in [0.25, 0.3) is 5.91 Å². The minimum Gasteiger partial charge on any atom is -0.354 e. The first-order chi connectivity index (χ1) is 12.6. The zero-order valence-corrected chi connectivity index (χ0v) is 14.9. The average Bonchev–Trinajstić information content (AvgIpc) is 3.46. The van der Waals surface area contributed by atoms with Gasteiger partial charge in [-0.05, 0) is 61.6 Å². The molecule has 1 aromatic carbocycles. The van der Waals surface area contributed by atoms with E-state index >= 15 is 0 Å². The van der Waals surface area contributed by atoms with Crippen LogP contribution in [0.3, 0.4) is 0 Å². The van der Waals surface area contributed by atoms with Gasteiger partial charge in [0, 0.05) is 30.4 Å². The standard InChI is InChI=1S/C20H21N5O/c1-3-21-20-23-11-14-8-13(4-7-17(14)25-20)16-9-18(22-10-12(16)2)19(26)24-15-5-6-15/h4,7-11,15H,3,5-6H2,1-2H3,(H,24,26)(H,21,23,25). The van der Waals surface area contributed by atoms with Gasteiger partial charge >= 0.3 is 0 Å². The van der Waals surface area contributed by atoms with Crippen molar-refractivity contribution in [3.63, 3.8) is 0 Å². The Labute approximate surface area is 152 Å². The van der Waals surface area contributed by atoms with Crippen molar-refractivity contribution in [2.75, 3.05) is 11.9 Å². The number of amides is 1. The molecule has 0 aliphatic heterocycles. The molecule has 0 atom stereocenters. The molecule has 1 aliphatic carbocycles. The monoisotopic (exact) mass is 347 g/mol. The van der Waals surface area contributed by atoms with E-state index in [4.69, 9.17) is 0 Å². The third-order valence-electron chi connectivity index (χ3n) is 4.47. The number of carbonyl (C=O) groups excluding carboxylic acids is 1. The van der Waals surface area contributed by atoms with Gasteiger partial charge in [0.2, 0.25) is 5.95 Å². The zero-order chi connectivity index (χ0) is 18.1. The summed E-state index contributed by atoms with van der Waals surface area (Å²) in [5.74, 6) is 0.528. The van der Waals surface area contributed by atoms with Gasteiger partial charge < -0.3 is 10.6 Å². The fourth-order valence-electron chi connectivity index (χ4n) is 2.89. The molecule has 0 bridgehead atoms. The fraction of sp³-hybridized carbons (Fsp3) is 0.300. The molecule has 2 N–H and O–H groups in total. The summed E-state index contributed by atoms with van der Waals surface area (Å²) in [6.07, 6.45) is 5.70. The molecule has 26 heavy (non-hydrogen) atoms. The summed E-state index contributed by atoms with van der Waals surface area (Å²) in [7, 11) is 0. The van der Waals surface area contributed by atoms with Gasteiger partial charge in [-0.2, -0.15) is 0 Å². The Morgan fingerprint density at radius 2 is 2.04 bits per heavy atom. The molecular weight excluding hydrogens is 326 g/mol. The predicted octanol–water partition coefficient (Wildman–Crippen LogP) is 3.32. The Kier molecular flexibility index (Phi) is 4.24. The number of hydrogen-bond donors (Lipinski definition) is 2. The Bertz CT molecular complexity index is 981. The molecule has 3 aromatic rings. The highest BCUT2D eigenvalue weighted by Crippen LogP contribution is 2.27. The van der Waals surface area contributed by atoms with E-state index in [-0.39, 0.29) is 5.91 Å². The Balaban J connectivity index is 1.69. The Hall–Kier alpha value is -3.02. The number of aromatic nitrogens is 3. The molecule has 1 amide bonds. The number of pyridine rings is 1. The van der Waals surface area contributed by atoms with Crippen LogP contribution in [-0.2, 0) is 0 Å². The van der Waals surface area contributed by atoms with Crippen LogP contribution in [0.4, 0.5) is 5.95 Å². The van der Waals surface area contributed by atoms with Crippen molar-refractivity contribution in [3.05, 3.63) is 47.9 Å². The van der Waals surface area contributed by atoms with E-state index in [2.05, 4.69) is 31.7 Å². The van der Waals surface area contributed by atoms with Crippen LogP contribution >= 0.6 is 0 Å².